The lowest BCUT2D eigenvalue weighted by Gasteiger charge is -2.27. The molecule has 1 aromatic carbocycles. The van der Waals surface area contributed by atoms with Crippen molar-refractivity contribution in [2.24, 2.45) is 5.73 Å². The molecule has 2 aliphatic heterocycles. The van der Waals surface area contributed by atoms with Crippen molar-refractivity contribution >= 4 is 17.5 Å². The van der Waals surface area contributed by atoms with E-state index in [1.165, 1.54) is 4.90 Å². The summed E-state index contributed by atoms with van der Waals surface area (Å²) >= 11 is 0. The van der Waals surface area contributed by atoms with E-state index >= 15 is 0 Å². The maximum atomic E-state index is 12.2. The molecule has 0 atom stereocenters. The van der Waals surface area contributed by atoms with Crippen LogP contribution in [-0.2, 0) is 17.8 Å². The highest BCUT2D eigenvalue weighted by molar-refractivity contribution is 5.95. The van der Waals surface area contributed by atoms with Crippen LogP contribution in [0.15, 0.2) is 24.3 Å². The number of alkyl halides is 3. The number of nitrogens with zero attached hydrogens (tertiary/aromatic N) is 3. The molecular weight excluding hydrogens is 403 g/mol. The number of aromatic nitrogens is 2. The lowest BCUT2D eigenvalue weighted by Crippen LogP contribution is -2.38. The van der Waals surface area contributed by atoms with E-state index in [-0.39, 0.29) is 24.7 Å². The Morgan fingerprint density at radius 3 is 2.73 bits per heavy atom. The van der Waals surface area contributed by atoms with Gasteiger partial charge in [-0.1, -0.05) is 12.1 Å². The van der Waals surface area contributed by atoms with Crippen LogP contribution in [-0.4, -0.2) is 59.8 Å². The molecular formula is C19H22F3N5O3. The molecule has 3 heterocycles. The number of ether oxygens (including phenoxy) is 1. The topological polar surface area (TPSA) is 105 Å². The molecule has 4 rings (SSSR count). The number of para-hydroxylation sites is 2. The average Bonchev–Trinajstić information content (AvgIpc) is 3.04. The third-order valence-corrected chi connectivity index (χ3v) is 4.82. The van der Waals surface area contributed by atoms with Gasteiger partial charge in [0.2, 0.25) is 5.91 Å². The van der Waals surface area contributed by atoms with Crippen LogP contribution in [0.5, 0.6) is 5.75 Å². The molecule has 8 nitrogen and oxygen atoms in total. The van der Waals surface area contributed by atoms with Crippen molar-refractivity contribution in [2.45, 2.75) is 25.6 Å². The number of benzene rings is 1. The normalized spacial score (nSPS) is 16.5. The SMILES string of the molecule is CN1C(=O)CCOc2ccccc21.NC(=O)c1n[nH]c2c1CN(CC(F)(F)F)CC2. The predicted molar refractivity (Wildman–Crippen MR) is 102 cm³/mol. The number of halogens is 3. The number of H-pyrrole nitrogens is 1. The van der Waals surface area contributed by atoms with E-state index in [2.05, 4.69) is 10.2 Å². The van der Waals surface area contributed by atoms with Crippen LogP contribution in [0.1, 0.15) is 28.2 Å². The molecule has 0 radical (unpaired) electrons. The number of aromatic amines is 1. The van der Waals surface area contributed by atoms with Crippen molar-refractivity contribution in [3.05, 3.63) is 41.2 Å². The molecule has 0 unspecified atom stereocenters. The largest absolute Gasteiger partial charge is 0.491 e. The summed E-state index contributed by atoms with van der Waals surface area (Å²) in [7, 11) is 1.77. The van der Waals surface area contributed by atoms with Crippen molar-refractivity contribution < 1.29 is 27.5 Å². The second kappa shape index (κ2) is 8.74. The Kier molecular flexibility index (Phi) is 6.30. The Morgan fingerprint density at radius 2 is 2.03 bits per heavy atom. The lowest BCUT2D eigenvalue weighted by atomic mass is 10.1. The number of nitrogens with two attached hydrogens (primary N) is 1. The highest BCUT2D eigenvalue weighted by Crippen LogP contribution is 2.29. The van der Waals surface area contributed by atoms with Crippen molar-refractivity contribution in [1.29, 1.82) is 0 Å². The molecule has 2 aromatic rings. The number of hydrogen-bond donors (Lipinski definition) is 2. The number of rotatable bonds is 2. The third kappa shape index (κ3) is 5.09. The molecule has 0 saturated heterocycles. The quantitative estimate of drug-likeness (QED) is 0.764. The molecule has 0 spiro atoms. The van der Waals surface area contributed by atoms with Gasteiger partial charge in [0.1, 0.15) is 5.75 Å². The summed E-state index contributed by atoms with van der Waals surface area (Å²) in [4.78, 5) is 25.3. The maximum absolute atomic E-state index is 12.2. The number of nitrogens with one attached hydrogen (secondary N) is 1. The Bertz CT molecular complexity index is 928. The second-order valence-electron chi connectivity index (χ2n) is 6.99. The average molecular weight is 425 g/mol. The molecule has 11 heteroatoms. The van der Waals surface area contributed by atoms with Gasteiger partial charge >= 0.3 is 6.18 Å². The van der Waals surface area contributed by atoms with Crippen LogP contribution in [0.2, 0.25) is 0 Å². The van der Waals surface area contributed by atoms with Gasteiger partial charge < -0.3 is 15.4 Å². The maximum Gasteiger partial charge on any atom is 0.401 e. The number of hydrogen-bond acceptors (Lipinski definition) is 5. The monoisotopic (exact) mass is 425 g/mol. The highest BCUT2D eigenvalue weighted by Gasteiger charge is 2.33. The summed E-state index contributed by atoms with van der Waals surface area (Å²) in [6.07, 6.45) is -3.38. The van der Waals surface area contributed by atoms with Gasteiger partial charge in [-0.25, -0.2) is 0 Å². The summed E-state index contributed by atoms with van der Waals surface area (Å²) in [6, 6.07) is 7.57. The predicted octanol–water partition coefficient (Wildman–Crippen LogP) is 1.86. The van der Waals surface area contributed by atoms with E-state index in [9.17, 15) is 22.8 Å². The fourth-order valence-corrected chi connectivity index (χ4v) is 3.35. The summed E-state index contributed by atoms with van der Waals surface area (Å²) in [5.74, 6) is 0.164. The zero-order valence-electron chi connectivity index (χ0n) is 16.3. The van der Waals surface area contributed by atoms with E-state index in [0.29, 0.717) is 30.7 Å². The van der Waals surface area contributed by atoms with Crippen LogP contribution in [0.25, 0.3) is 0 Å². The van der Waals surface area contributed by atoms with E-state index < -0.39 is 18.6 Å². The molecule has 2 aliphatic rings. The Labute approximate surface area is 170 Å². The third-order valence-electron chi connectivity index (χ3n) is 4.82. The Morgan fingerprint density at radius 1 is 1.30 bits per heavy atom. The summed E-state index contributed by atoms with van der Waals surface area (Å²) in [5.41, 5.74) is 7.15. The zero-order chi connectivity index (χ0) is 21.9. The van der Waals surface area contributed by atoms with Gasteiger partial charge in [-0.2, -0.15) is 18.3 Å². The zero-order valence-corrected chi connectivity index (χ0v) is 16.3. The molecule has 1 aromatic heterocycles. The summed E-state index contributed by atoms with van der Waals surface area (Å²) < 4.78 is 42.2. The molecule has 2 amide bonds. The standard InChI is InChI=1S/C10H11NO2.C9H11F3N4O/c1-11-8-4-2-3-5-9(8)13-7-6-10(11)12;10-9(11,12)4-16-2-1-6-5(3-16)7(8(13)17)15-14-6/h2-5H,6-7H2,1H3;1-4H2,(H2,13,17)(H,14,15). The molecule has 0 fully saturated rings. The molecule has 0 saturated carbocycles. The van der Waals surface area contributed by atoms with Gasteiger partial charge in [0.15, 0.2) is 5.69 Å². The van der Waals surface area contributed by atoms with Crippen LogP contribution in [0.4, 0.5) is 18.9 Å². The first-order valence-electron chi connectivity index (χ1n) is 9.29. The molecule has 30 heavy (non-hydrogen) atoms. The summed E-state index contributed by atoms with van der Waals surface area (Å²) in [5, 5.41) is 6.35. The first-order valence-corrected chi connectivity index (χ1v) is 9.29. The van der Waals surface area contributed by atoms with Crippen LogP contribution < -0.4 is 15.4 Å². The number of fused-ring (bicyclic) bond motifs is 2. The van der Waals surface area contributed by atoms with Gasteiger partial charge in [-0.05, 0) is 12.1 Å². The smallest absolute Gasteiger partial charge is 0.401 e. The first kappa shape index (κ1) is 21.6. The fraction of sp³-hybridized carbons (Fsp3) is 0.421. The fourth-order valence-electron chi connectivity index (χ4n) is 3.35. The number of primary amides is 1. The Balaban J connectivity index is 0.000000177. The molecule has 3 N–H and O–H groups in total. The van der Waals surface area contributed by atoms with E-state index in [1.54, 1.807) is 11.9 Å². The van der Waals surface area contributed by atoms with E-state index in [0.717, 1.165) is 11.4 Å². The second-order valence-corrected chi connectivity index (χ2v) is 6.99. The molecule has 0 aliphatic carbocycles. The minimum atomic E-state index is -4.24. The van der Waals surface area contributed by atoms with Gasteiger partial charge in [0, 0.05) is 37.8 Å². The van der Waals surface area contributed by atoms with Gasteiger partial charge in [-0.15, -0.1) is 0 Å². The summed E-state index contributed by atoms with van der Waals surface area (Å²) in [6.45, 7) is -0.188. The van der Waals surface area contributed by atoms with Gasteiger partial charge in [-0.3, -0.25) is 19.6 Å². The lowest BCUT2D eigenvalue weighted by molar-refractivity contribution is -0.147. The minimum absolute atomic E-state index is 0.0341. The number of carbonyl (C=O) groups excluding carboxylic acids is 2. The van der Waals surface area contributed by atoms with Crippen molar-refractivity contribution in [1.82, 2.24) is 15.1 Å². The van der Waals surface area contributed by atoms with E-state index in [4.69, 9.17) is 10.5 Å². The molecule has 0 bridgehead atoms. The van der Waals surface area contributed by atoms with Crippen LogP contribution in [0.3, 0.4) is 0 Å². The first-order chi connectivity index (χ1) is 14.2. The van der Waals surface area contributed by atoms with Gasteiger partial charge in [0.25, 0.3) is 5.91 Å². The number of anilines is 1. The van der Waals surface area contributed by atoms with E-state index in [1.807, 2.05) is 24.3 Å². The minimum Gasteiger partial charge on any atom is -0.491 e. The van der Waals surface area contributed by atoms with Crippen molar-refractivity contribution in [2.75, 3.05) is 31.6 Å². The van der Waals surface area contributed by atoms with Crippen LogP contribution >= 0.6 is 0 Å². The van der Waals surface area contributed by atoms with Gasteiger partial charge in [0.05, 0.1) is 25.3 Å². The highest BCUT2D eigenvalue weighted by atomic mass is 19.4. The Hall–Kier alpha value is -3.08. The number of amides is 2. The van der Waals surface area contributed by atoms with Crippen molar-refractivity contribution in [3.8, 4) is 5.75 Å². The van der Waals surface area contributed by atoms with Crippen molar-refractivity contribution in [3.63, 3.8) is 0 Å². The van der Waals surface area contributed by atoms with Crippen LogP contribution in [0, 0.1) is 0 Å². The molecule has 162 valence electrons. The number of carbonyl (C=O) groups is 2.